The monoisotopic (exact) mass is 292 g/mol. The second-order valence-electron chi connectivity index (χ2n) is 6.09. The minimum absolute atomic E-state index is 0.136. The summed E-state index contributed by atoms with van der Waals surface area (Å²) in [5, 5.41) is 12.5. The summed E-state index contributed by atoms with van der Waals surface area (Å²) in [4.78, 5) is 13.5. The second kappa shape index (κ2) is 5.64. The van der Waals surface area contributed by atoms with Gasteiger partial charge >= 0.3 is 0 Å². The van der Waals surface area contributed by atoms with Crippen LogP contribution < -0.4 is 10.2 Å². The van der Waals surface area contributed by atoms with Crippen LogP contribution in [-0.4, -0.2) is 30.1 Å². The van der Waals surface area contributed by atoms with Crippen molar-refractivity contribution in [2.24, 2.45) is 5.92 Å². The molecule has 0 radical (unpaired) electrons. The maximum Gasteiger partial charge on any atom is 0.220 e. The first-order chi connectivity index (χ1) is 10.0. The molecule has 0 aliphatic carbocycles. The van der Waals surface area contributed by atoms with E-state index in [4.69, 9.17) is 0 Å². The van der Waals surface area contributed by atoms with Gasteiger partial charge in [0.05, 0.1) is 11.8 Å². The molecule has 2 heterocycles. The zero-order valence-electron chi connectivity index (χ0n) is 12.2. The van der Waals surface area contributed by atoms with Gasteiger partial charge in [-0.2, -0.15) is 0 Å². The maximum absolute atomic E-state index is 14.3. The van der Waals surface area contributed by atoms with Crippen molar-refractivity contribution >= 4 is 11.6 Å². The van der Waals surface area contributed by atoms with Crippen LogP contribution in [0.2, 0.25) is 0 Å². The number of hydrogen-bond donors (Lipinski definition) is 2. The quantitative estimate of drug-likeness (QED) is 0.876. The summed E-state index contributed by atoms with van der Waals surface area (Å²) in [6, 6.07) is 5.17. The van der Waals surface area contributed by atoms with E-state index in [0.717, 1.165) is 25.9 Å². The number of amides is 1. The summed E-state index contributed by atoms with van der Waals surface area (Å²) >= 11 is 0. The Balaban J connectivity index is 1.75. The fourth-order valence-corrected chi connectivity index (χ4v) is 3.37. The molecule has 1 aromatic rings. The number of halogens is 1. The molecule has 0 bridgehead atoms. The molecule has 2 saturated heterocycles. The molecule has 3 rings (SSSR count). The van der Waals surface area contributed by atoms with Crippen molar-refractivity contribution in [2.45, 2.75) is 38.3 Å². The number of fused-ring (bicyclic) bond motifs is 1. The SMILES string of the molecule is C[C@@H](O)c1ccc(N2CCC3NC(=O)CCC3C2)c(F)c1. The molecule has 1 aromatic carbocycles. The van der Waals surface area contributed by atoms with Crippen LogP contribution in [0.1, 0.15) is 37.9 Å². The van der Waals surface area contributed by atoms with Crippen molar-refractivity contribution < 1.29 is 14.3 Å². The third-order valence-electron chi connectivity index (χ3n) is 4.62. The molecule has 4 nitrogen and oxygen atoms in total. The number of anilines is 1. The number of nitrogens with one attached hydrogen (secondary N) is 1. The number of aliphatic hydroxyl groups is 1. The Labute approximate surface area is 124 Å². The van der Waals surface area contributed by atoms with Crippen molar-refractivity contribution in [3.05, 3.63) is 29.6 Å². The number of carbonyl (C=O) groups excluding carboxylic acids is 1. The average molecular weight is 292 g/mol. The Morgan fingerprint density at radius 3 is 2.95 bits per heavy atom. The Hall–Kier alpha value is -1.62. The Bertz CT molecular complexity index is 547. The summed E-state index contributed by atoms with van der Waals surface area (Å²) in [7, 11) is 0. The number of aliphatic hydroxyl groups excluding tert-OH is 1. The lowest BCUT2D eigenvalue weighted by Crippen LogP contribution is -2.54. The normalized spacial score (nSPS) is 27.0. The van der Waals surface area contributed by atoms with E-state index in [1.165, 1.54) is 6.07 Å². The van der Waals surface area contributed by atoms with Gasteiger partial charge in [-0.25, -0.2) is 4.39 Å². The molecular formula is C16H21FN2O2. The largest absolute Gasteiger partial charge is 0.389 e. The van der Waals surface area contributed by atoms with Crippen molar-refractivity contribution in [3.8, 4) is 0 Å². The topological polar surface area (TPSA) is 52.6 Å². The number of nitrogens with zero attached hydrogens (tertiary/aromatic N) is 1. The fourth-order valence-electron chi connectivity index (χ4n) is 3.37. The van der Waals surface area contributed by atoms with E-state index in [1.807, 2.05) is 0 Å². The van der Waals surface area contributed by atoms with E-state index in [9.17, 15) is 14.3 Å². The lowest BCUT2D eigenvalue weighted by atomic mass is 9.85. The van der Waals surface area contributed by atoms with Crippen molar-refractivity contribution in [3.63, 3.8) is 0 Å². The summed E-state index contributed by atoms with van der Waals surface area (Å²) in [5.41, 5.74) is 1.19. The predicted molar refractivity (Wildman–Crippen MR) is 78.5 cm³/mol. The van der Waals surface area contributed by atoms with Gasteiger partial charge in [0.1, 0.15) is 5.82 Å². The Morgan fingerprint density at radius 2 is 2.24 bits per heavy atom. The van der Waals surface area contributed by atoms with E-state index in [0.29, 0.717) is 23.6 Å². The fraction of sp³-hybridized carbons (Fsp3) is 0.562. The molecule has 114 valence electrons. The number of carbonyl (C=O) groups is 1. The van der Waals surface area contributed by atoms with Crippen LogP contribution in [-0.2, 0) is 4.79 Å². The standard InChI is InChI=1S/C16H21FN2O2/c1-10(20)11-2-4-15(13(17)8-11)19-7-6-14-12(9-19)3-5-16(21)18-14/h2,4,8,10,12,14,20H,3,5-7,9H2,1H3,(H,18,21)/t10-,12?,14?/m1/s1. The molecular weight excluding hydrogens is 271 g/mol. The lowest BCUT2D eigenvalue weighted by molar-refractivity contribution is -0.124. The zero-order valence-corrected chi connectivity index (χ0v) is 12.2. The predicted octanol–water partition coefficient (Wildman–Crippen LogP) is 1.98. The van der Waals surface area contributed by atoms with E-state index >= 15 is 0 Å². The number of hydrogen-bond acceptors (Lipinski definition) is 3. The summed E-state index contributed by atoms with van der Waals surface area (Å²) in [5.74, 6) is 0.246. The first kappa shape index (κ1) is 14.3. The van der Waals surface area contributed by atoms with E-state index in [-0.39, 0.29) is 17.8 Å². The first-order valence-electron chi connectivity index (χ1n) is 7.56. The molecule has 21 heavy (non-hydrogen) atoms. The maximum atomic E-state index is 14.3. The molecule has 2 N–H and O–H groups in total. The van der Waals surface area contributed by atoms with Crippen LogP contribution in [0.25, 0.3) is 0 Å². The van der Waals surface area contributed by atoms with Gasteiger partial charge in [-0.15, -0.1) is 0 Å². The van der Waals surface area contributed by atoms with Crippen molar-refractivity contribution in [2.75, 3.05) is 18.0 Å². The number of rotatable bonds is 2. The van der Waals surface area contributed by atoms with E-state index < -0.39 is 6.10 Å². The zero-order chi connectivity index (χ0) is 15.0. The van der Waals surface area contributed by atoms with Gasteiger partial charge in [-0.3, -0.25) is 4.79 Å². The average Bonchev–Trinajstić information content (AvgIpc) is 2.46. The molecule has 2 aliphatic heterocycles. The van der Waals surface area contributed by atoms with Gasteiger partial charge in [0, 0.05) is 25.6 Å². The van der Waals surface area contributed by atoms with Gasteiger partial charge in [-0.05, 0) is 43.4 Å². The van der Waals surface area contributed by atoms with Crippen LogP contribution in [0.5, 0.6) is 0 Å². The highest BCUT2D eigenvalue weighted by Gasteiger charge is 2.34. The summed E-state index contributed by atoms with van der Waals surface area (Å²) < 4.78 is 14.3. The first-order valence-corrected chi connectivity index (χ1v) is 7.56. The molecule has 0 aromatic heterocycles. The Morgan fingerprint density at radius 1 is 1.43 bits per heavy atom. The molecule has 0 saturated carbocycles. The van der Waals surface area contributed by atoms with Crippen LogP contribution >= 0.6 is 0 Å². The van der Waals surface area contributed by atoms with E-state index in [1.54, 1.807) is 19.1 Å². The van der Waals surface area contributed by atoms with Gasteiger partial charge < -0.3 is 15.3 Å². The minimum Gasteiger partial charge on any atom is -0.389 e. The molecule has 5 heteroatoms. The number of benzene rings is 1. The van der Waals surface area contributed by atoms with Gasteiger partial charge in [-0.1, -0.05) is 6.07 Å². The molecule has 2 aliphatic rings. The van der Waals surface area contributed by atoms with Gasteiger partial charge in [0.15, 0.2) is 0 Å². The molecule has 2 unspecified atom stereocenters. The lowest BCUT2D eigenvalue weighted by Gasteiger charge is -2.42. The molecule has 0 spiro atoms. The van der Waals surface area contributed by atoms with Crippen LogP contribution in [0.3, 0.4) is 0 Å². The highest BCUT2D eigenvalue weighted by molar-refractivity contribution is 5.77. The van der Waals surface area contributed by atoms with Crippen LogP contribution in [0.4, 0.5) is 10.1 Å². The third-order valence-corrected chi connectivity index (χ3v) is 4.62. The Kier molecular flexibility index (Phi) is 3.85. The van der Waals surface area contributed by atoms with Crippen LogP contribution in [0.15, 0.2) is 18.2 Å². The smallest absolute Gasteiger partial charge is 0.220 e. The number of piperidine rings is 2. The highest BCUT2D eigenvalue weighted by atomic mass is 19.1. The third kappa shape index (κ3) is 2.88. The second-order valence-corrected chi connectivity index (χ2v) is 6.09. The van der Waals surface area contributed by atoms with Gasteiger partial charge in [0.25, 0.3) is 0 Å². The van der Waals surface area contributed by atoms with Crippen molar-refractivity contribution in [1.29, 1.82) is 0 Å². The van der Waals surface area contributed by atoms with Crippen molar-refractivity contribution in [1.82, 2.24) is 5.32 Å². The van der Waals surface area contributed by atoms with Gasteiger partial charge in [0.2, 0.25) is 5.91 Å². The highest BCUT2D eigenvalue weighted by Crippen LogP contribution is 2.31. The molecule has 3 atom stereocenters. The molecule has 2 fully saturated rings. The summed E-state index contributed by atoms with van der Waals surface area (Å²) in [6.07, 6.45) is 1.64. The van der Waals surface area contributed by atoms with E-state index in [2.05, 4.69) is 10.2 Å². The van der Waals surface area contributed by atoms with Crippen LogP contribution in [0, 0.1) is 11.7 Å². The summed E-state index contributed by atoms with van der Waals surface area (Å²) in [6.45, 7) is 3.15. The molecule has 1 amide bonds. The minimum atomic E-state index is -0.659.